The maximum atomic E-state index is 13.4. The molecule has 0 atom stereocenters. The Morgan fingerprint density at radius 2 is 1.86 bits per heavy atom. The molecule has 9 heteroatoms. The van der Waals surface area contributed by atoms with Crippen LogP contribution in [0, 0.1) is 5.92 Å². The van der Waals surface area contributed by atoms with Crippen molar-refractivity contribution in [2.45, 2.75) is 52.3 Å². The second kappa shape index (κ2) is 9.23. The number of phenols is 1. The first kappa shape index (κ1) is 24.8. The molecule has 5 rings (SSSR count). The van der Waals surface area contributed by atoms with Crippen LogP contribution in [0.25, 0.3) is 22.2 Å². The van der Waals surface area contributed by atoms with Gasteiger partial charge in [0.25, 0.3) is 5.91 Å². The minimum atomic E-state index is -0.712. The van der Waals surface area contributed by atoms with Crippen molar-refractivity contribution in [3.63, 3.8) is 0 Å². The Labute approximate surface area is 215 Å². The molecule has 0 radical (unpaired) electrons. The summed E-state index contributed by atoms with van der Waals surface area (Å²) in [7, 11) is 0. The van der Waals surface area contributed by atoms with Gasteiger partial charge in [-0.2, -0.15) is 0 Å². The highest BCUT2D eigenvalue weighted by Crippen LogP contribution is 2.38. The monoisotopic (exact) mass is 504 g/mol. The lowest BCUT2D eigenvalue weighted by atomic mass is 9.96. The van der Waals surface area contributed by atoms with Gasteiger partial charge < -0.3 is 20.9 Å². The van der Waals surface area contributed by atoms with E-state index in [0.717, 1.165) is 36.9 Å². The number of ether oxygens (including phenoxy) is 1. The molecule has 9 nitrogen and oxygen atoms in total. The third-order valence-corrected chi connectivity index (χ3v) is 7.06. The van der Waals surface area contributed by atoms with Crippen LogP contribution in [0.4, 0.5) is 4.79 Å². The van der Waals surface area contributed by atoms with Crippen molar-refractivity contribution < 1.29 is 24.2 Å². The number of piperidine rings is 1. The van der Waals surface area contributed by atoms with Crippen molar-refractivity contribution in [2.75, 3.05) is 13.1 Å². The lowest BCUT2D eigenvalue weighted by molar-refractivity contribution is -0.123. The normalized spacial score (nSPS) is 16.6. The third kappa shape index (κ3) is 4.79. The molecule has 37 heavy (non-hydrogen) atoms. The van der Waals surface area contributed by atoms with E-state index in [-0.39, 0.29) is 30.0 Å². The van der Waals surface area contributed by atoms with Crippen LogP contribution in [0.5, 0.6) is 5.75 Å². The van der Waals surface area contributed by atoms with E-state index in [2.05, 4.69) is 10.2 Å². The van der Waals surface area contributed by atoms with Gasteiger partial charge in [-0.3, -0.25) is 14.5 Å². The Hall–Kier alpha value is -3.85. The summed E-state index contributed by atoms with van der Waals surface area (Å²) in [4.78, 5) is 39.9. The number of rotatable bonds is 4. The van der Waals surface area contributed by atoms with Crippen LogP contribution in [0.2, 0.25) is 0 Å². The topological polar surface area (TPSA) is 127 Å². The molecule has 2 amide bonds. The Morgan fingerprint density at radius 1 is 1.14 bits per heavy atom. The number of nitrogens with one attached hydrogen (secondary N) is 1. The van der Waals surface area contributed by atoms with E-state index in [1.165, 1.54) is 4.57 Å². The molecule has 2 aliphatic rings. The van der Waals surface area contributed by atoms with E-state index in [9.17, 15) is 19.5 Å². The van der Waals surface area contributed by atoms with Crippen molar-refractivity contribution in [3.05, 3.63) is 53.1 Å². The van der Waals surface area contributed by atoms with Crippen LogP contribution in [0.15, 0.2) is 36.4 Å². The van der Waals surface area contributed by atoms with Gasteiger partial charge in [0, 0.05) is 35.5 Å². The Kier molecular flexibility index (Phi) is 6.19. The molecule has 2 aliphatic heterocycles. The fraction of sp³-hybridized carbons (Fsp3) is 0.393. The molecule has 3 aromatic rings. The highest BCUT2D eigenvalue weighted by molar-refractivity contribution is 6.07. The van der Waals surface area contributed by atoms with Crippen LogP contribution in [0.1, 0.15) is 55.1 Å². The summed E-state index contributed by atoms with van der Waals surface area (Å²) in [6.07, 6.45) is 0.967. The average molecular weight is 505 g/mol. The van der Waals surface area contributed by atoms with Crippen LogP contribution in [-0.2, 0) is 22.6 Å². The molecule has 0 aliphatic carbocycles. The van der Waals surface area contributed by atoms with Crippen molar-refractivity contribution in [1.29, 1.82) is 0 Å². The van der Waals surface area contributed by atoms with Gasteiger partial charge in [-0.25, -0.2) is 9.36 Å². The van der Waals surface area contributed by atoms with E-state index in [0.29, 0.717) is 34.4 Å². The number of primary amides is 1. The molecule has 194 valence electrons. The molecule has 2 aromatic carbocycles. The molecular weight excluding hydrogens is 472 g/mol. The third-order valence-electron chi connectivity index (χ3n) is 7.06. The molecular formula is C28H32N4O5. The molecule has 0 unspecified atom stereocenters. The number of aromatic hydroxyl groups is 1. The number of carbonyl (C=O) groups is 3. The summed E-state index contributed by atoms with van der Waals surface area (Å²) in [6.45, 7) is 7.96. The Balaban J connectivity index is 1.56. The van der Waals surface area contributed by atoms with Gasteiger partial charge in [-0.15, -0.1) is 0 Å². The minimum absolute atomic E-state index is 0.0411. The van der Waals surface area contributed by atoms with Gasteiger partial charge in [0.2, 0.25) is 5.91 Å². The van der Waals surface area contributed by atoms with E-state index in [1.807, 2.05) is 45.0 Å². The van der Waals surface area contributed by atoms with Gasteiger partial charge in [0.05, 0.1) is 16.8 Å². The number of likely N-dealkylation sites (tertiary alicyclic amines) is 1. The molecule has 1 aromatic heterocycles. The molecule has 1 saturated heterocycles. The lowest BCUT2D eigenvalue weighted by Crippen LogP contribution is -2.38. The van der Waals surface area contributed by atoms with Crippen molar-refractivity contribution in [1.82, 2.24) is 14.8 Å². The fourth-order valence-corrected chi connectivity index (χ4v) is 5.25. The Morgan fingerprint density at radius 3 is 2.54 bits per heavy atom. The molecule has 3 heterocycles. The highest BCUT2D eigenvalue weighted by atomic mass is 16.6. The number of benzene rings is 2. The van der Waals surface area contributed by atoms with Crippen molar-refractivity contribution in [3.8, 4) is 17.0 Å². The molecule has 1 fully saturated rings. The zero-order valence-electron chi connectivity index (χ0n) is 21.3. The fourth-order valence-electron chi connectivity index (χ4n) is 5.25. The van der Waals surface area contributed by atoms with Crippen LogP contribution < -0.4 is 11.1 Å². The van der Waals surface area contributed by atoms with Crippen molar-refractivity contribution in [2.24, 2.45) is 11.7 Å². The summed E-state index contributed by atoms with van der Waals surface area (Å²) >= 11 is 0. The number of phenolic OH excluding ortho intramolecular Hbond substituents is 1. The summed E-state index contributed by atoms with van der Waals surface area (Å²) < 4.78 is 7.23. The molecule has 0 spiro atoms. The van der Waals surface area contributed by atoms with Gasteiger partial charge >= 0.3 is 6.09 Å². The number of hydrogen-bond donors (Lipinski definition) is 3. The van der Waals surface area contributed by atoms with Gasteiger partial charge in [0.1, 0.15) is 11.4 Å². The molecule has 0 bridgehead atoms. The predicted octanol–water partition coefficient (Wildman–Crippen LogP) is 3.74. The van der Waals surface area contributed by atoms with E-state index < -0.39 is 11.7 Å². The second-order valence-electron chi connectivity index (χ2n) is 10.9. The number of fused-ring (bicyclic) bond motifs is 2. The first-order chi connectivity index (χ1) is 17.5. The predicted molar refractivity (Wildman–Crippen MR) is 139 cm³/mol. The van der Waals surface area contributed by atoms with E-state index in [1.54, 1.807) is 12.1 Å². The number of aromatic nitrogens is 1. The minimum Gasteiger partial charge on any atom is -0.508 e. The maximum absolute atomic E-state index is 13.4. The highest BCUT2D eigenvalue weighted by Gasteiger charge is 2.30. The second-order valence-corrected chi connectivity index (χ2v) is 10.9. The quantitative estimate of drug-likeness (QED) is 0.497. The standard InChI is InChI=1S/C28H32N4O5/c1-28(2,3)37-27(36)32-21-6-4-16(15-31-10-8-17(9-11-31)25(29)34)12-18(21)13-22(32)19-5-7-23(33)20-14-30-26(35)24(19)20/h4-7,12-13,17,33H,8-11,14-15H2,1-3H3,(H2,29,34)(H,30,35). The Bertz CT molecular complexity index is 1410. The number of nitrogens with two attached hydrogens (primary N) is 1. The largest absolute Gasteiger partial charge is 0.508 e. The SMILES string of the molecule is CC(C)(C)OC(=O)n1c(-c2ccc(O)c3c2C(=O)NC3)cc2cc(CN3CCC(C(N)=O)CC3)ccc21. The summed E-state index contributed by atoms with van der Waals surface area (Å²) in [5.41, 5.74) is 8.46. The van der Waals surface area contributed by atoms with Gasteiger partial charge in [-0.05, 0) is 82.6 Å². The summed E-state index contributed by atoms with van der Waals surface area (Å²) in [5, 5.41) is 13.9. The summed E-state index contributed by atoms with van der Waals surface area (Å²) in [6, 6.07) is 11.0. The van der Waals surface area contributed by atoms with Gasteiger partial charge in [0.15, 0.2) is 0 Å². The van der Waals surface area contributed by atoms with Crippen LogP contribution in [0.3, 0.4) is 0 Å². The number of amides is 2. The number of carbonyl (C=O) groups excluding carboxylic acids is 3. The van der Waals surface area contributed by atoms with Gasteiger partial charge in [-0.1, -0.05) is 6.07 Å². The smallest absolute Gasteiger partial charge is 0.419 e. The maximum Gasteiger partial charge on any atom is 0.419 e. The average Bonchev–Trinajstić information content (AvgIpc) is 3.40. The summed E-state index contributed by atoms with van der Waals surface area (Å²) in [5.74, 6) is -0.541. The van der Waals surface area contributed by atoms with Crippen LogP contribution in [-0.4, -0.2) is 51.2 Å². The first-order valence-electron chi connectivity index (χ1n) is 12.5. The molecule has 0 saturated carbocycles. The zero-order valence-corrected chi connectivity index (χ0v) is 21.3. The first-order valence-corrected chi connectivity index (χ1v) is 12.5. The number of nitrogens with zero attached hydrogens (tertiary/aromatic N) is 2. The van der Waals surface area contributed by atoms with Crippen molar-refractivity contribution >= 4 is 28.8 Å². The zero-order chi connectivity index (χ0) is 26.5. The van der Waals surface area contributed by atoms with Crippen LogP contribution >= 0.6 is 0 Å². The lowest BCUT2D eigenvalue weighted by Gasteiger charge is -2.30. The molecule has 4 N–H and O–H groups in total. The van der Waals surface area contributed by atoms with E-state index in [4.69, 9.17) is 10.5 Å². The number of hydrogen-bond acceptors (Lipinski definition) is 6. The van der Waals surface area contributed by atoms with E-state index >= 15 is 0 Å².